The Morgan fingerprint density at radius 1 is 1.28 bits per heavy atom. The molecular formula is C17H17BrClN3O3. The van der Waals surface area contributed by atoms with E-state index in [0.717, 1.165) is 15.9 Å². The monoisotopic (exact) mass is 425 g/mol. The largest absolute Gasteiger partial charge is 0.476 e. The molecular weight excluding hydrogens is 410 g/mol. The molecule has 132 valence electrons. The first-order valence-corrected chi connectivity index (χ1v) is 9.27. The number of halogens is 2. The highest BCUT2D eigenvalue weighted by Crippen LogP contribution is 2.26. The first kappa shape index (κ1) is 17.9. The lowest BCUT2D eigenvalue weighted by Crippen LogP contribution is -2.36. The summed E-state index contributed by atoms with van der Waals surface area (Å²) in [5.41, 5.74) is 2.27. The molecule has 6 nitrogen and oxygen atoms in total. The van der Waals surface area contributed by atoms with Crippen molar-refractivity contribution < 1.29 is 14.7 Å². The fourth-order valence-electron chi connectivity index (χ4n) is 2.98. The van der Waals surface area contributed by atoms with Crippen LogP contribution in [-0.2, 0) is 17.8 Å². The molecule has 1 aliphatic heterocycles. The first-order valence-electron chi connectivity index (χ1n) is 7.95. The van der Waals surface area contributed by atoms with Crippen LogP contribution in [0.25, 0.3) is 5.69 Å². The molecule has 0 aliphatic carbocycles. The molecule has 1 aliphatic rings. The average molecular weight is 427 g/mol. The van der Waals surface area contributed by atoms with Crippen molar-refractivity contribution in [1.29, 1.82) is 0 Å². The van der Waals surface area contributed by atoms with Crippen molar-refractivity contribution in [2.75, 3.05) is 12.4 Å². The molecule has 0 unspecified atom stereocenters. The quantitative estimate of drug-likeness (QED) is 0.745. The van der Waals surface area contributed by atoms with Gasteiger partial charge in [0, 0.05) is 41.8 Å². The SMILES string of the molecule is O=C(O)c1nn(-c2ccc(Br)cc2)c2c1CN(C(=O)CCCCl)CC2. The highest BCUT2D eigenvalue weighted by Gasteiger charge is 2.30. The van der Waals surface area contributed by atoms with Gasteiger partial charge in [0.15, 0.2) is 5.69 Å². The standard InChI is InChI=1S/C17H17BrClN3O3/c18-11-3-5-12(6-4-11)22-14-7-9-21(15(23)2-1-8-19)10-13(14)16(20-22)17(24)25/h3-6H,1-2,7-10H2,(H,24,25). The van der Waals surface area contributed by atoms with Crippen LogP contribution in [0.1, 0.15) is 34.6 Å². The van der Waals surface area contributed by atoms with E-state index in [1.165, 1.54) is 0 Å². The second-order valence-corrected chi connectivity index (χ2v) is 7.12. The smallest absolute Gasteiger partial charge is 0.356 e. The summed E-state index contributed by atoms with van der Waals surface area (Å²) in [6.07, 6.45) is 1.56. The van der Waals surface area contributed by atoms with Gasteiger partial charge in [-0.05, 0) is 30.7 Å². The van der Waals surface area contributed by atoms with E-state index >= 15 is 0 Å². The molecule has 1 aromatic carbocycles. The molecule has 1 aromatic heterocycles. The Balaban J connectivity index is 1.95. The number of benzene rings is 1. The number of fused-ring (bicyclic) bond motifs is 1. The zero-order valence-corrected chi connectivity index (χ0v) is 15.8. The van der Waals surface area contributed by atoms with Crippen molar-refractivity contribution in [3.05, 3.63) is 45.7 Å². The molecule has 8 heteroatoms. The fourth-order valence-corrected chi connectivity index (χ4v) is 3.37. The molecule has 0 saturated carbocycles. The lowest BCUT2D eigenvalue weighted by atomic mass is 10.0. The number of aromatic carboxylic acids is 1. The summed E-state index contributed by atoms with van der Waals surface area (Å²) in [4.78, 5) is 25.6. The van der Waals surface area contributed by atoms with Gasteiger partial charge in [-0.2, -0.15) is 5.10 Å². The van der Waals surface area contributed by atoms with E-state index in [1.807, 2.05) is 24.3 Å². The van der Waals surface area contributed by atoms with Gasteiger partial charge in [0.1, 0.15) is 0 Å². The van der Waals surface area contributed by atoms with Gasteiger partial charge in [-0.3, -0.25) is 4.79 Å². The number of alkyl halides is 1. The van der Waals surface area contributed by atoms with Gasteiger partial charge in [-0.25, -0.2) is 9.48 Å². The van der Waals surface area contributed by atoms with Crippen molar-refractivity contribution in [1.82, 2.24) is 14.7 Å². The van der Waals surface area contributed by atoms with Crippen molar-refractivity contribution in [3.8, 4) is 5.69 Å². The second-order valence-electron chi connectivity index (χ2n) is 5.83. The third kappa shape index (κ3) is 3.72. The molecule has 0 spiro atoms. The number of carbonyl (C=O) groups is 2. The topological polar surface area (TPSA) is 75.4 Å². The highest BCUT2D eigenvalue weighted by atomic mass is 79.9. The number of hydrogen-bond acceptors (Lipinski definition) is 3. The van der Waals surface area contributed by atoms with E-state index in [-0.39, 0.29) is 18.1 Å². The van der Waals surface area contributed by atoms with Gasteiger partial charge in [-0.15, -0.1) is 11.6 Å². The summed E-state index contributed by atoms with van der Waals surface area (Å²) in [6, 6.07) is 7.52. The molecule has 1 N–H and O–H groups in total. The van der Waals surface area contributed by atoms with Crippen LogP contribution in [0.2, 0.25) is 0 Å². The van der Waals surface area contributed by atoms with E-state index in [9.17, 15) is 14.7 Å². The molecule has 0 saturated heterocycles. The zero-order valence-electron chi connectivity index (χ0n) is 13.4. The average Bonchev–Trinajstić information content (AvgIpc) is 2.99. The lowest BCUT2D eigenvalue weighted by Gasteiger charge is -2.27. The third-order valence-electron chi connectivity index (χ3n) is 4.21. The van der Waals surface area contributed by atoms with Gasteiger partial charge >= 0.3 is 5.97 Å². The van der Waals surface area contributed by atoms with Crippen LogP contribution in [0.3, 0.4) is 0 Å². The van der Waals surface area contributed by atoms with Gasteiger partial charge in [-0.1, -0.05) is 15.9 Å². The molecule has 0 atom stereocenters. The molecule has 2 aromatic rings. The van der Waals surface area contributed by atoms with Crippen LogP contribution in [0.5, 0.6) is 0 Å². The Kier molecular flexibility index (Phi) is 5.44. The Morgan fingerprint density at radius 3 is 2.64 bits per heavy atom. The maximum absolute atomic E-state index is 12.2. The highest BCUT2D eigenvalue weighted by molar-refractivity contribution is 9.10. The maximum Gasteiger partial charge on any atom is 0.356 e. The Labute approximate surface area is 158 Å². The number of aromatic nitrogens is 2. The lowest BCUT2D eigenvalue weighted by molar-refractivity contribution is -0.132. The van der Waals surface area contributed by atoms with E-state index in [2.05, 4.69) is 21.0 Å². The summed E-state index contributed by atoms with van der Waals surface area (Å²) in [5.74, 6) is -0.645. The van der Waals surface area contributed by atoms with Gasteiger partial charge < -0.3 is 10.0 Å². The molecule has 2 heterocycles. The predicted octanol–water partition coefficient (Wildman–Crippen LogP) is 3.24. The Hall–Kier alpha value is -1.86. The van der Waals surface area contributed by atoms with Crippen molar-refractivity contribution in [3.63, 3.8) is 0 Å². The number of rotatable bonds is 5. The minimum Gasteiger partial charge on any atom is -0.476 e. The molecule has 3 rings (SSSR count). The normalized spacial score (nSPS) is 13.6. The van der Waals surface area contributed by atoms with Crippen LogP contribution < -0.4 is 0 Å². The number of hydrogen-bond donors (Lipinski definition) is 1. The summed E-state index contributed by atoms with van der Waals surface area (Å²) in [6.45, 7) is 0.823. The molecule has 0 bridgehead atoms. The summed E-state index contributed by atoms with van der Waals surface area (Å²) in [7, 11) is 0. The van der Waals surface area contributed by atoms with Crippen LogP contribution in [0.15, 0.2) is 28.7 Å². The number of carboxylic acid groups (broad SMARTS) is 1. The molecule has 0 radical (unpaired) electrons. The third-order valence-corrected chi connectivity index (χ3v) is 5.00. The summed E-state index contributed by atoms with van der Waals surface area (Å²) >= 11 is 9.04. The van der Waals surface area contributed by atoms with Crippen LogP contribution in [0, 0.1) is 0 Å². The Bertz CT molecular complexity index is 804. The number of nitrogens with zero attached hydrogens (tertiary/aromatic N) is 3. The summed E-state index contributed by atoms with van der Waals surface area (Å²) in [5, 5.41) is 13.8. The number of amides is 1. The van der Waals surface area contributed by atoms with Crippen LogP contribution in [0.4, 0.5) is 0 Å². The minimum absolute atomic E-state index is 0.000898. The number of carbonyl (C=O) groups excluding carboxylic acids is 1. The summed E-state index contributed by atoms with van der Waals surface area (Å²) < 4.78 is 2.61. The van der Waals surface area contributed by atoms with E-state index in [0.29, 0.717) is 37.3 Å². The van der Waals surface area contributed by atoms with Gasteiger partial charge in [0.2, 0.25) is 5.91 Å². The number of carboxylic acids is 1. The predicted molar refractivity (Wildman–Crippen MR) is 97.3 cm³/mol. The van der Waals surface area contributed by atoms with Crippen molar-refractivity contribution >= 4 is 39.4 Å². The van der Waals surface area contributed by atoms with Crippen LogP contribution >= 0.6 is 27.5 Å². The van der Waals surface area contributed by atoms with Crippen molar-refractivity contribution in [2.45, 2.75) is 25.8 Å². The van der Waals surface area contributed by atoms with E-state index in [1.54, 1.807) is 9.58 Å². The molecule has 1 amide bonds. The Morgan fingerprint density at radius 2 is 2.00 bits per heavy atom. The van der Waals surface area contributed by atoms with Gasteiger partial charge in [0.05, 0.1) is 11.4 Å². The molecule has 25 heavy (non-hydrogen) atoms. The van der Waals surface area contributed by atoms with E-state index < -0.39 is 5.97 Å². The van der Waals surface area contributed by atoms with E-state index in [4.69, 9.17) is 11.6 Å². The van der Waals surface area contributed by atoms with Gasteiger partial charge in [0.25, 0.3) is 0 Å². The first-order chi connectivity index (χ1) is 12.0. The zero-order chi connectivity index (χ0) is 18.0. The van der Waals surface area contributed by atoms with Crippen LogP contribution in [-0.4, -0.2) is 44.1 Å². The fraction of sp³-hybridized carbons (Fsp3) is 0.353. The second kappa shape index (κ2) is 7.58. The van der Waals surface area contributed by atoms with Crippen molar-refractivity contribution in [2.24, 2.45) is 0 Å². The minimum atomic E-state index is -1.08. The molecule has 0 fully saturated rings. The maximum atomic E-state index is 12.2.